The van der Waals surface area contributed by atoms with Crippen LogP contribution in [0.1, 0.15) is 13.3 Å². The Morgan fingerprint density at radius 3 is 2.53 bits per heavy atom. The minimum Gasteiger partial charge on any atom is -0.375 e. The molecule has 0 bridgehead atoms. The summed E-state index contributed by atoms with van der Waals surface area (Å²) in [6.45, 7) is 1.83. The quantitative estimate of drug-likeness (QED) is 0.888. The second-order valence-electron chi connectivity index (χ2n) is 4.07. The van der Waals surface area contributed by atoms with Crippen LogP contribution in [-0.4, -0.2) is 19.2 Å². The molecule has 102 valence electrons. The number of nitrogens with zero attached hydrogens (tertiary/aromatic N) is 1. The number of aromatic nitrogens is 1. The van der Waals surface area contributed by atoms with Gasteiger partial charge in [-0.2, -0.15) is 0 Å². The molecule has 7 heteroatoms. The van der Waals surface area contributed by atoms with Gasteiger partial charge in [-0.1, -0.05) is 19.1 Å². The van der Waals surface area contributed by atoms with Crippen LogP contribution in [0.25, 0.3) is 11.3 Å². The molecule has 0 aliphatic carbocycles. The number of hydrogen-bond donors (Lipinski definition) is 2. The molecular formula is C12H15N3O2S2. The Labute approximate surface area is 116 Å². The van der Waals surface area contributed by atoms with Gasteiger partial charge in [-0.15, -0.1) is 11.3 Å². The minimum atomic E-state index is -3.24. The lowest BCUT2D eigenvalue weighted by Gasteiger charge is -2.07. The van der Waals surface area contributed by atoms with Crippen molar-refractivity contribution in [2.45, 2.75) is 13.3 Å². The zero-order valence-electron chi connectivity index (χ0n) is 10.5. The van der Waals surface area contributed by atoms with Crippen molar-refractivity contribution in [2.24, 2.45) is 0 Å². The highest BCUT2D eigenvalue weighted by atomic mass is 32.2. The summed E-state index contributed by atoms with van der Waals surface area (Å²) in [5, 5.41) is 2.38. The monoisotopic (exact) mass is 297 g/mol. The average molecular weight is 297 g/mol. The molecule has 1 heterocycles. The molecule has 0 fully saturated rings. The Bertz CT molecular complexity index is 648. The summed E-state index contributed by atoms with van der Waals surface area (Å²) in [5.41, 5.74) is 7.84. The van der Waals surface area contributed by atoms with Crippen LogP contribution in [0.2, 0.25) is 0 Å². The standard InChI is InChI=1S/C12H15N3O2S2/c1-2-7-19(16,17)15-10-5-3-9(4-6-10)11-8-18-12(13)14-11/h3-6,8,15H,2,7H2,1H3,(H2,13,14). The largest absolute Gasteiger partial charge is 0.375 e. The third-order valence-corrected chi connectivity index (χ3v) is 4.62. The fourth-order valence-electron chi connectivity index (χ4n) is 1.63. The number of nitrogens with two attached hydrogens (primary N) is 1. The second-order valence-corrected chi connectivity index (χ2v) is 6.80. The molecule has 0 spiro atoms. The van der Waals surface area contributed by atoms with Crippen LogP contribution in [0, 0.1) is 0 Å². The maximum absolute atomic E-state index is 11.6. The molecule has 3 N–H and O–H groups in total. The fraction of sp³-hybridized carbons (Fsp3) is 0.250. The molecule has 2 aromatic rings. The molecule has 0 saturated carbocycles. The van der Waals surface area contributed by atoms with Crippen molar-refractivity contribution >= 4 is 32.2 Å². The topological polar surface area (TPSA) is 85.1 Å². The van der Waals surface area contributed by atoms with Crippen LogP contribution in [0.4, 0.5) is 10.8 Å². The molecule has 0 unspecified atom stereocenters. The summed E-state index contributed by atoms with van der Waals surface area (Å²) in [7, 11) is -3.24. The first-order valence-corrected chi connectivity index (χ1v) is 8.35. The molecule has 0 radical (unpaired) electrons. The van der Waals surface area contributed by atoms with Crippen LogP contribution < -0.4 is 10.5 Å². The van der Waals surface area contributed by atoms with Crippen LogP contribution in [0.3, 0.4) is 0 Å². The fourth-order valence-corrected chi connectivity index (χ4v) is 3.34. The number of nitrogen functional groups attached to an aromatic ring is 1. The molecule has 0 amide bonds. The van der Waals surface area contributed by atoms with Gasteiger partial charge in [0.15, 0.2) is 5.13 Å². The van der Waals surface area contributed by atoms with Gasteiger partial charge in [0.25, 0.3) is 0 Å². The van der Waals surface area contributed by atoms with E-state index in [1.807, 2.05) is 24.4 Å². The molecule has 0 aliphatic heterocycles. The van der Waals surface area contributed by atoms with Gasteiger partial charge < -0.3 is 5.73 Å². The highest BCUT2D eigenvalue weighted by molar-refractivity contribution is 7.92. The summed E-state index contributed by atoms with van der Waals surface area (Å²) < 4.78 is 25.8. The van der Waals surface area contributed by atoms with E-state index >= 15 is 0 Å². The molecule has 2 rings (SSSR count). The van der Waals surface area contributed by atoms with Crippen molar-refractivity contribution in [3.8, 4) is 11.3 Å². The molecule has 0 saturated heterocycles. The first-order valence-electron chi connectivity index (χ1n) is 5.82. The summed E-state index contributed by atoms with van der Waals surface area (Å²) in [6, 6.07) is 7.08. The van der Waals surface area contributed by atoms with Crippen LogP contribution in [-0.2, 0) is 10.0 Å². The normalized spacial score (nSPS) is 11.4. The van der Waals surface area contributed by atoms with Gasteiger partial charge in [-0.25, -0.2) is 13.4 Å². The number of rotatable bonds is 5. The van der Waals surface area contributed by atoms with E-state index in [1.54, 1.807) is 12.1 Å². The minimum absolute atomic E-state index is 0.122. The van der Waals surface area contributed by atoms with Gasteiger partial charge in [-0.3, -0.25) is 4.72 Å². The van der Waals surface area contributed by atoms with Gasteiger partial charge in [-0.05, 0) is 18.6 Å². The number of hydrogen-bond acceptors (Lipinski definition) is 5. The zero-order valence-corrected chi connectivity index (χ0v) is 12.1. The molecule has 1 aromatic heterocycles. The van der Waals surface area contributed by atoms with Crippen molar-refractivity contribution < 1.29 is 8.42 Å². The zero-order chi connectivity index (χ0) is 13.9. The predicted molar refractivity (Wildman–Crippen MR) is 79.7 cm³/mol. The highest BCUT2D eigenvalue weighted by Gasteiger charge is 2.09. The van der Waals surface area contributed by atoms with E-state index in [1.165, 1.54) is 11.3 Å². The van der Waals surface area contributed by atoms with E-state index in [4.69, 9.17) is 5.73 Å². The van der Waals surface area contributed by atoms with Gasteiger partial charge in [0.1, 0.15) is 0 Å². The molecule has 0 atom stereocenters. The SMILES string of the molecule is CCCS(=O)(=O)Nc1ccc(-c2csc(N)n2)cc1. The second kappa shape index (κ2) is 5.58. The summed E-state index contributed by atoms with van der Waals surface area (Å²) in [4.78, 5) is 4.17. The van der Waals surface area contributed by atoms with Crippen molar-refractivity contribution in [1.29, 1.82) is 0 Å². The Morgan fingerprint density at radius 1 is 1.32 bits per heavy atom. The first kappa shape index (κ1) is 13.8. The third-order valence-electron chi connectivity index (χ3n) is 2.45. The Balaban J connectivity index is 2.15. The van der Waals surface area contributed by atoms with Gasteiger partial charge in [0.05, 0.1) is 11.4 Å². The first-order chi connectivity index (χ1) is 9.00. The smallest absolute Gasteiger partial charge is 0.232 e. The maximum Gasteiger partial charge on any atom is 0.232 e. The Hall–Kier alpha value is -1.60. The summed E-state index contributed by atoms with van der Waals surface area (Å²) in [5.74, 6) is 0.122. The lowest BCUT2D eigenvalue weighted by atomic mass is 10.1. The summed E-state index contributed by atoms with van der Waals surface area (Å²) >= 11 is 1.38. The number of nitrogens with one attached hydrogen (secondary N) is 1. The maximum atomic E-state index is 11.6. The lowest BCUT2D eigenvalue weighted by Crippen LogP contribution is -2.15. The van der Waals surface area contributed by atoms with E-state index in [0.717, 1.165) is 11.3 Å². The van der Waals surface area contributed by atoms with E-state index in [0.29, 0.717) is 17.2 Å². The van der Waals surface area contributed by atoms with E-state index in [2.05, 4.69) is 9.71 Å². The predicted octanol–water partition coefficient (Wildman–Crippen LogP) is 2.54. The molecular weight excluding hydrogens is 282 g/mol. The van der Waals surface area contributed by atoms with E-state index in [9.17, 15) is 8.42 Å². The van der Waals surface area contributed by atoms with Crippen molar-refractivity contribution in [1.82, 2.24) is 4.98 Å². The van der Waals surface area contributed by atoms with E-state index in [-0.39, 0.29) is 5.75 Å². The number of benzene rings is 1. The Kier molecular flexibility index (Phi) is 4.06. The number of anilines is 2. The summed E-state index contributed by atoms with van der Waals surface area (Å²) in [6.07, 6.45) is 0.589. The number of thiazole rings is 1. The molecule has 0 aliphatic rings. The van der Waals surface area contributed by atoms with E-state index < -0.39 is 10.0 Å². The van der Waals surface area contributed by atoms with Gasteiger partial charge in [0, 0.05) is 16.6 Å². The molecule has 5 nitrogen and oxygen atoms in total. The molecule has 19 heavy (non-hydrogen) atoms. The van der Waals surface area contributed by atoms with Crippen LogP contribution >= 0.6 is 11.3 Å². The average Bonchev–Trinajstić information content (AvgIpc) is 2.76. The molecule has 1 aromatic carbocycles. The van der Waals surface area contributed by atoms with Crippen LogP contribution in [0.15, 0.2) is 29.6 Å². The lowest BCUT2D eigenvalue weighted by molar-refractivity contribution is 0.600. The third kappa shape index (κ3) is 3.68. The van der Waals surface area contributed by atoms with Gasteiger partial charge >= 0.3 is 0 Å². The van der Waals surface area contributed by atoms with Gasteiger partial charge in [0.2, 0.25) is 10.0 Å². The van der Waals surface area contributed by atoms with Crippen molar-refractivity contribution in [2.75, 3.05) is 16.2 Å². The Morgan fingerprint density at radius 2 is 2.00 bits per heavy atom. The highest BCUT2D eigenvalue weighted by Crippen LogP contribution is 2.24. The van der Waals surface area contributed by atoms with Crippen molar-refractivity contribution in [3.63, 3.8) is 0 Å². The van der Waals surface area contributed by atoms with Crippen molar-refractivity contribution in [3.05, 3.63) is 29.6 Å². The number of sulfonamides is 1. The van der Waals surface area contributed by atoms with Crippen LogP contribution in [0.5, 0.6) is 0 Å².